The first kappa shape index (κ1) is 12.7. The van der Waals surface area contributed by atoms with Crippen molar-refractivity contribution in [2.75, 3.05) is 11.9 Å². The zero-order valence-electron chi connectivity index (χ0n) is 11.9. The Kier molecular flexibility index (Phi) is 3.04. The zero-order chi connectivity index (χ0) is 14.2. The molecular formula is C17H17N3S. The highest BCUT2D eigenvalue weighted by Gasteiger charge is 2.23. The predicted molar refractivity (Wildman–Crippen MR) is 88.0 cm³/mol. The summed E-state index contributed by atoms with van der Waals surface area (Å²) in [7, 11) is 0. The van der Waals surface area contributed by atoms with Gasteiger partial charge in [0, 0.05) is 18.2 Å². The van der Waals surface area contributed by atoms with Crippen LogP contribution in [0.3, 0.4) is 0 Å². The molecule has 21 heavy (non-hydrogen) atoms. The van der Waals surface area contributed by atoms with Crippen molar-refractivity contribution in [2.45, 2.75) is 19.4 Å². The predicted octanol–water partition coefficient (Wildman–Crippen LogP) is 4.33. The standard InChI is InChI=1S/C17H17N3S/c1-12-2-4-13(5-3-12)15-10-17-18-8-6-16(20(17)19-15)14-7-9-21-11-14/h2-5,7,9-11,16,18H,6,8H2,1H3. The highest BCUT2D eigenvalue weighted by Crippen LogP contribution is 2.33. The normalized spacial score (nSPS) is 17.3. The second kappa shape index (κ2) is 5.04. The first-order valence-corrected chi connectivity index (χ1v) is 8.18. The summed E-state index contributed by atoms with van der Waals surface area (Å²) in [6.45, 7) is 3.11. The third kappa shape index (κ3) is 2.25. The van der Waals surface area contributed by atoms with Gasteiger partial charge in [0.1, 0.15) is 5.82 Å². The molecule has 1 N–H and O–H groups in total. The monoisotopic (exact) mass is 295 g/mol. The van der Waals surface area contributed by atoms with Gasteiger partial charge in [-0.2, -0.15) is 16.4 Å². The molecule has 0 aliphatic carbocycles. The molecular weight excluding hydrogens is 278 g/mol. The van der Waals surface area contributed by atoms with Gasteiger partial charge in [0.05, 0.1) is 11.7 Å². The second-order valence-electron chi connectivity index (χ2n) is 5.51. The van der Waals surface area contributed by atoms with E-state index in [4.69, 9.17) is 5.10 Å². The molecule has 2 aromatic heterocycles. The molecule has 1 atom stereocenters. The zero-order valence-corrected chi connectivity index (χ0v) is 12.7. The summed E-state index contributed by atoms with van der Waals surface area (Å²) in [5, 5.41) is 12.7. The van der Waals surface area contributed by atoms with Crippen LogP contribution in [-0.2, 0) is 0 Å². The van der Waals surface area contributed by atoms with Crippen LogP contribution in [0.2, 0.25) is 0 Å². The van der Waals surface area contributed by atoms with Crippen molar-refractivity contribution in [3.05, 3.63) is 58.3 Å². The Hall–Kier alpha value is -2.07. The lowest BCUT2D eigenvalue weighted by Gasteiger charge is -2.25. The van der Waals surface area contributed by atoms with Crippen LogP contribution < -0.4 is 5.32 Å². The van der Waals surface area contributed by atoms with Crippen molar-refractivity contribution in [3.8, 4) is 11.3 Å². The minimum Gasteiger partial charge on any atom is -0.370 e. The lowest BCUT2D eigenvalue weighted by molar-refractivity contribution is 0.484. The van der Waals surface area contributed by atoms with Gasteiger partial charge in [-0.25, -0.2) is 4.68 Å². The number of benzene rings is 1. The van der Waals surface area contributed by atoms with Gasteiger partial charge in [0.2, 0.25) is 0 Å². The van der Waals surface area contributed by atoms with E-state index in [9.17, 15) is 0 Å². The van der Waals surface area contributed by atoms with Crippen molar-refractivity contribution < 1.29 is 0 Å². The van der Waals surface area contributed by atoms with Crippen LogP contribution in [0.4, 0.5) is 5.82 Å². The number of anilines is 1. The van der Waals surface area contributed by atoms with E-state index in [1.165, 1.54) is 16.7 Å². The minimum atomic E-state index is 0.353. The highest BCUT2D eigenvalue weighted by atomic mass is 32.1. The summed E-state index contributed by atoms with van der Waals surface area (Å²) in [6.07, 6.45) is 1.08. The molecule has 3 nitrogen and oxygen atoms in total. The number of rotatable bonds is 2. The van der Waals surface area contributed by atoms with Crippen LogP contribution in [0, 0.1) is 6.92 Å². The van der Waals surface area contributed by atoms with E-state index in [2.05, 4.69) is 64.1 Å². The van der Waals surface area contributed by atoms with Gasteiger partial charge in [-0.3, -0.25) is 0 Å². The minimum absolute atomic E-state index is 0.353. The van der Waals surface area contributed by atoms with Crippen molar-refractivity contribution in [1.29, 1.82) is 0 Å². The lowest BCUT2D eigenvalue weighted by Crippen LogP contribution is -2.23. The summed E-state index contributed by atoms with van der Waals surface area (Å²) in [6, 6.07) is 13.3. The summed E-state index contributed by atoms with van der Waals surface area (Å²) in [5.74, 6) is 1.12. The molecule has 0 spiro atoms. The number of nitrogens with one attached hydrogen (secondary N) is 1. The maximum absolute atomic E-state index is 4.85. The van der Waals surface area contributed by atoms with Crippen LogP contribution in [0.15, 0.2) is 47.2 Å². The number of fused-ring (bicyclic) bond motifs is 1. The van der Waals surface area contributed by atoms with E-state index in [1.807, 2.05) is 0 Å². The number of aromatic nitrogens is 2. The third-order valence-corrected chi connectivity index (χ3v) is 4.73. The first-order valence-electron chi connectivity index (χ1n) is 7.24. The molecule has 1 unspecified atom stereocenters. The highest BCUT2D eigenvalue weighted by molar-refractivity contribution is 7.07. The van der Waals surface area contributed by atoms with Gasteiger partial charge >= 0.3 is 0 Å². The molecule has 4 rings (SSSR count). The first-order chi connectivity index (χ1) is 10.3. The molecule has 0 amide bonds. The summed E-state index contributed by atoms with van der Waals surface area (Å²) in [4.78, 5) is 0. The fraction of sp³-hybridized carbons (Fsp3) is 0.235. The molecule has 4 heteroatoms. The van der Waals surface area contributed by atoms with E-state index in [0.29, 0.717) is 6.04 Å². The largest absolute Gasteiger partial charge is 0.370 e. The molecule has 0 bridgehead atoms. The summed E-state index contributed by atoms with van der Waals surface area (Å²) < 4.78 is 2.14. The molecule has 0 saturated heterocycles. The number of nitrogens with zero attached hydrogens (tertiary/aromatic N) is 2. The fourth-order valence-corrected chi connectivity index (χ4v) is 3.57. The van der Waals surface area contributed by atoms with Crippen molar-refractivity contribution in [3.63, 3.8) is 0 Å². The van der Waals surface area contributed by atoms with Gasteiger partial charge in [-0.15, -0.1) is 0 Å². The van der Waals surface area contributed by atoms with E-state index in [0.717, 1.165) is 24.5 Å². The molecule has 0 radical (unpaired) electrons. The molecule has 3 heterocycles. The number of aryl methyl sites for hydroxylation is 1. The Morgan fingerprint density at radius 1 is 1.24 bits per heavy atom. The number of hydrogen-bond acceptors (Lipinski definition) is 3. The third-order valence-electron chi connectivity index (χ3n) is 4.03. The van der Waals surface area contributed by atoms with Gasteiger partial charge in [0.25, 0.3) is 0 Å². The van der Waals surface area contributed by atoms with Crippen molar-refractivity contribution in [2.24, 2.45) is 0 Å². The molecule has 1 aliphatic rings. The molecule has 0 saturated carbocycles. The quantitative estimate of drug-likeness (QED) is 0.763. The van der Waals surface area contributed by atoms with E-state index in [-0.39, 0.29) is 0 Å². The summed E-state index contributed by atoms with van der Waals surface area (Å²) in [5.41, 5.74) is 4.85. The fourth-order valence-electron chi connectivity index (χ4n) is 2.86. The van der Waals surface area contributed by atoms with Crippen molar-refractivity contribution >= 4 is 17.2 Å². The molecule has 0 fully saturated rings. The number of thiophene rings is 1. The van der Waals surface area contributed by atoms with Crippen LogP contribution in [0.5, 0.6) is 0 Å². The SMILES string of the molecule is Cc1ccc(-c2cc3n(n2)C(c2ccsc2)CCN3)cc1. The van der Waals surface area contributed by atoms with Gasteiger partial charge in [0.15, 0.2) is 0 Å². The Morgan fingerprint density at radius 3 is 2.86 bits per heavy atom. The Morgan fingerprint density at radius 2 is 2.10 bits per heavy atom. The molecule has 3 aromatic rings. The van der Waals surface area contributed by atoms with E-state index < -0.39 is 0 Å². The van der Waals surface area contributed by atoms with Crippen LogP contribution in [0.25, 0.3) is 11.3 Å². The van der Waals surface area contributed by atoms with Gasteiger partial charge < -0.3 is 5.32 Å². The number of hydrogen-bond donors (Lipinski definition) is 1. The topological polar surface area (TPSA) is 29.9 Å². The second-order valence-corrected chi connectivity index (χ2v) is 6.29. The van der Waals surface area contributed by atoms with E-state index in [1.54, 1.807) is 11.3 Å². The Labute approximate surface area is 128 Å². The molecule has 1 aromatic carbocycles. The molecule has 1 aliphatic heterocycles. The summed E-state index contributed by atoms with van der Waals surface area (Å²) >= 11 is 1.75. The van der Waals surface area contributed by atoms with Crippen LogP contribution >= 0.6 is 11.3 Å². The average Bonchev–Trinajstić information content (AvgIpc) is 3.17. The maximum atomic E-state index is 4.85. The maximum Gasteiger partial charge on any atom is 0.125 e. The van der Waals surface area contributed by atoms with Gasteiger partial charge in [-0.1, -0.05) is 29.8 Å². The van der Waals surface area contributed by atoms with Crippen molar-refractivity contribution in [1.82, 2.24) is 9.78 Å². The van der Waals surface area contributed by atoms with Crippen LogP contribution in [0.1, 0.15) is 23.6 Å². The molecule has 106 valence electrons. The Balaban J connectivity index is 1.75. The average molecular weight is 295 g/mol. The van der Waals surface area contributed by atoms with E-state index >= 15 is 0 Å². The van der Waals surface area contributed by atoms with Crippen LogP contribution in [-0.4, -0.2) is 16.3 Å². The smallest absolute Gasteiger partial charge is 0.125 e. The Bertz CT molecular complexity index is 741. The lowest BCUT2D eigenvalue weighted by atomic mass is 10.1. The van der Waals surface area contributed by atoms with Gasteiger partial charge in [-0.05, 0) is 35.7 Å².